The molecule has 0 aliphatic carbocycles. The van der Waals surface area contributed by atoms with Crippen LogP contribution in [0.25, 0.3) is 11.0 Å². The van der Waals surface area contributed by atoms with Gasteiger partial charge in [-0.15, -0.1) is 0 Å². The summed E-state index contributed by atoms with van der Waals surface area (Å²) in [5.74, 6) is -0.634. The smallest absolute Gasteiger partial charge is 0.416 e. The normalized spacial score (nSPS) is 12.4. The average Bonchev–Trinajstić information content (AvgIpc) is 3.19. The Labute approximate surface area is 188 Å². The third-order valence-corrected chi connectivity index (χ3v) is 5.06. The van der Waals surface area contributed by atoms with Crippen LogP contribution < -0.4 is 5.32 Å². The lowest BCUT2D eigenvalue weighted by molar-refractivity contribution is -0.148. The van der Waals surface area contributed by atoms with Crippen LogP contribution in [0.4, 0.5) is 19.1 Å². The van der Waals surface area contributed by atoms with Crippen LogP contribution in [-0.4, -0.2) is 46.4 Å². The molecule has 1 amide bonds. The highest BCUT2D eigenvalue weighted by molar-refractivity contribution is 5.83. The molecule has 0 bridgehead atoms. The van der Waals surface area contributed by atoms with Gasteiger partial charge >= 0.3 is 12.1 Å². The van der Waals surface area contributed by atoms with E-state index in [1.807, 2.05) is 18.2 Å². The number of nitrogens with zero attached hydrogens (tertiary/aromatic N) is 2. The van der Waals surface area contributed by atoms with Crippen molar-refractivity contribution >= 4 is 28.9 Å². The average molecular weight is 462 g/mol. The van der Waals surface area contributed by atoms with Crippen molar-refractivity contribution in [1.82, 2.24) is 14.9 Å². The molecule has 3 aromatic rings. The van der Waals surface area contributed by atoms with Crippen LogP contribution in [0.5, 0.6) is 0 Å². The molecule has 0 aliphatic rings. The molecule has 1 atom stereocenters. The molecule has 1 heterocycles. The first-order valence-electron chi connectivity index (χ1n) is 10.5. The maximum Gasteiger partial charge on any atom is 0.416 e. The van der Waals surface area contributed by atoms with Gasteiger partial charge in [-0.2, -0.15) is 13.2 Å². The van der Waals surface area contributed by atoms with E-state index in [0.717, 1.165) is 17.6 Å². The highest BCUT2D eigenvalue weighted by atomic mass is 19.4. The summed E-state index contributed by atoms with van der Waals surface area (Å²) in [5.41, 5.74) is 0.867. The first kappa shape index (κ1) is 24.1. The number of H-pyrrole nitrogens is 1. The number of aromatic amines is 1. The molecule has 0 radical (unpaired) electrons. The van der Waals surface area contributed by atoms with Gasteiger partial charge in [0.05, 0.1) is 35.7 Å². The molecule has 0 spiro atoms. The summed E-state index contributed by atoms with van der Waals surface area (Å²) in [6, 6.07) is 11.2. The van der Waals surface area contributed by atoms with Crippen molar-refractivity contribution < 1.29 is 27.5 Å². The number of para-hydroxylation sites is 2. The van der Waals surface area contributed by atoms with Gasteiger partial charge in [0.1, 0.15) is 6.54 Å². The number of halogens is 3. The third-order valence-electron chi connectivity index (χ3n) is 5.06. The zero-order valence-corrected chi connectivity index (χ0v) is 18.3. The maximum atomic E-state index is 13.3. The van der Waals surface area contributed by atoms with Crippen molar-refractivity contribution in [3.05, 3.63) is 59.7 Å². The molecule has 2 N–H and O–H groups in total. The molecule has 3 rings (SSSR count). The molecular formula is C23H25F3N4O3. The number of alkyl halides is 3. The van der Waals surface area contributed by atoms with Gasteiger partial charge in [0.25, 0.3) is 0 Å². The molecular weight excluding hydrogens is 437 g/mol. The van der Waals surface area contributed by atoms with Crippen LogP contribution in [0, 0.1) is 0 Å². The number of benzene rings is 2. The molecule has 7 nitrogen and oxygen atoms in total. The van der Waals surface area contributed by atoms with Gasteiger partial charge in [-0.05, 0) is 43.7 Å². The van der Waals surface area contributed by atoms with Crippen LogP contribution in [0.2, 0.25) is 0 Å². The molecule has 2 aromatic carbocycles. The summed E-state index contributed by atoms with van der Waals surface area (Å²) in [5, 5.41) is 3.05. The number of ether oxygens (including phenoxy) is 1. The minimum absolute atomic E-state index is 0.186. The molecule has 1 aromatic heterocycles. The highest BCUT2D eigenvalue weighted by Crippen LogP contribution is 2.32. The van der Waals surface area contributed by atoms with Crippen LogP contribution >= 0.6 is 0 Å². The summed E-state index contributed by atoms with van der Waals surface area (Å²) in [4.78, 5) is 33.6. The Balaban J connectivity index is 1.89. The van der Waals surface area contributed by atoms with E-state index in [0.29, 0.717) is 11.5 Å². The Kier molecular flexibility index (Phi) is 7.57. The summed E-state index contributed by atoms with van der Waals surface area (Å²) < 4.78 is 44.8. The van der Waals surface area contributed by atoms with Gasteiger partial charge in [0.2, 0.25) is 11.9 Å². The predicted molar refractivity (Wildman–Crippen MR) is 117 cm³/mol. The minimum atomic E-state index is -4.52. The van der Waals surface area contributed by atoms with Gasteiger partial charge in [-0.3, -0.25) is 9.59 Å². The number of likely N-dealkylation sites (N-methyl/N-ethyl adjacent to an activating group) is 1. The zero-order chi connectivity index (χ0) is 24.0. The number of nitrogens with one attached hydrogen (secondary N) is 2. The Bertz CT molecular complexity index is 1080. The van der Waals surface area contributed by atoms with E-state index >= 15 is 0 Å². The number of aromatic nitrogens is 2. The number of fused-ring (bicyclic) bond motifs is 1. The molecule has 0 fully saturated rings. The van der Waals surface area contributed by atoms with Crippen LogP contribution in [0.3, 0.4) is 0 Å². The second kappa shape index (κ2) is 10.4. The minimum Gasteiger partial charge on any atom is -0.465 e. The Morgan fingerprint density at radius 2 is 1.91 bits per heavy atom. The van der Waals surface area contributed by atoms with Crippen molar-refractivity contribution in [3.8, 4) is 0 Å². The summed E-state index contributed by atoms with van der Waals surface area (Å²) in [6.07, 6.45) is -4.71. The monoisotopic (exact) mass is 462 g/mol. The van der Waals surface area contributed by atoms with Crippen molar-refractivity contribution in [2.75, 3.05) is 25.0 Å². The third kappa shape index (κ3) is 6.24. The number of imidazole rings is 1. The van der Waals surface area contributed by atoms with Crippen LogP contribution in [-0.2, 0) is 20.5 Å². The van der Waals surface area contributed by atoms with Gasteiger partial charge in [0.15, 0.2) is 0 Å². The van der Waals surface area contributed by atoms with Crippen LogP contribution in [0.15, 0.2) is 48.5 Å². The van der Waals surface area contributed by atoms with Crippen molar-refractivity contribution in [2.45, 2.75) is 32.5 Å². The Morgan fingerprint density at radius 1 is 1.15 bits per heavy atom. The number of hydrogen-bond donors (Lipinski definition) is 2. The second-order valence-corrected chi connectivity index (χ2v) is 7.34. The zero-order valence-electron chi connectivity index (χ0n) is 18.3. The lowest BCUT2D eigenvalue weighted by Gasteiger charge is -2.24. The SMILES string of the molecule is CCOC(=O)CN(CC)C(=O)CC(Nc1nc2ccccc2[nH]1)c1cccc(C(F)(F)F)c1. The Morgan fingerprint density at radius 3 is 2.58 bits per heavy atom. The topological polar surface area (TPSA) is 87.3 Å². The summed E-state index contributed by atoms with van der Waals surface area (Å²) >= 11 is 0. The van der Waals surface area contributed by atoms with Crippen molar-refractivity contribution in [3.63, 3.8) is 0 Å². The highest BCUT2D eigenvalue weighted by Gasteiger charge is 2.31. The first-order valence-corrected chi connectivity index (χ1v) is 10.5. The van der Waals surface area contributed by atoms with E-state index in [-0.39, 0.29) is 31.7 Å². The number of carbonyl (C=O) groups excluding carboxylic acids is 2. The fourth-order valence-electron chi connectivity index (χ4n) is 3.41. The molecule has 0 saturated heterocycles. The quantitative estimate of drug-likeness (QED) is 0.456. The summed E-state index contributed by atoms with van der Waals surface area (Å²) in [7, 11) is 0. The standard InChI is InChI=1S/C23H25F3N4O3/c1-3-30(14-21(32)33-4-2)20(31)13-19(15-8-7-9-16(12-15)23(24,25)26)29-22-27-17-10-5-6-11-18(17)28-22/h5-12,19H,3-4,13-14H2,1-2H3,(H2,27,28,29). The van der Waals surface area contributed by atoms with E-state index in [1.54, 1.807) is 19.9 Å². The molecule has 0 aliphatic heterocycles. The van der Waals surface area contributed by atoms with Gasteiger partial charge in [-0.25, -0.2) is 4.98 Å². The van der Waals surface area contributed by atoms with E-state index in [2.05, 4.69) is 15.3 Å². The van der Waals surface area contributed by atoms with E-state index in [1.165, 1.54) is 17.0 Å². The van der Waals surface area contributed by atoms with E-state index < -0.39 is 29.7 Å². The fraction of sp³-hybridized carbons (Fsp3) is 0.348. The van der Waals surface area contributed by atoms with Crippen LogP contribution in [0.1, 0.15) is 37.4 Å². The first-order chi connectivity index (χ1) is 15.7. The lowest BCUT2D eigenvalue weighted by Crippen LogP contribution is -2.37. The lowest BCUT2D eigenvalue weighted by atomic mass is 10.0. The number of hydrogen-bond acceptors (Lipinski definition) is 5. The largest absolute Gasteiger partial charge is 0.465 e. The molecule has 1 unspecified atom stereocenters. The number of amides is 1. The molecule has 0 saturated carbocycles. The van der Waals surface area contributed by atoms with Gasteiger partial charge < -0.3 is 19.9 Å². The molecule has 176 valence electrons. The maximum absolute atomic E-state index is 13.3. The number of carbonyl (C=O) groups is 2. The number of esters is 1. The van der Waals surface area contributed by atoms with E-state index in [9.17, 15) is 22.8 Å². The number of rotatable bonds is 9. The number of anilines is 1. The predicted octanol–water partition coefficient (Wildman–Crippen LogP) is 4.54. The Hall–Kier alpha value is -3.56. The van der Waals surface area contributed by atoms with Crippen molar-refractivity contribution in [1.29, 1.82) is 0 Å². The molecule has 10 heteroatoms. The second-order valence-electron chi connectivity index (χ2n) is 7.34. The van der Waals surface area contributed by atoms with Crippen molar-refractivity contribution in [2.24, 2.45) is 0 Å². The van der Waals surface area contributed by atoms with Gasteiger partial charge in [0, 0.05) is 6.54 Å². The fourth-order valence-corrected chi connectivity index (χ4v) is 3.41. The van der Waals surface area contributed by atoms with E-state index in [4.69, 9.17) is 4.74 Å². The molecule has 33 heavy (non-hydrogen) atoms. The van der Waals surface area contributed by atoms with Gasteiger partial charge in [-0.1, -0.05) is 24.3 Å². The summed E-state index contributed by atoms with van der Waals surface area (Å²) in [6.45, 7) is 3.58.